The summed E-state index contributed by atoms with van der Waals surface area (Å²) in [4.78, 5) is 26.8. The average molecular weight is 323 g/mol. The van der Waals surface area contributed by atoms with Crippen molar-refractivity contribution in [3.63, 3.8) is 0 Å². The largest absolute Gasteiger partial charge is 0.325 e. The first kappa shape index (κ1) is 15.4. The van der Waals surface area contributed by atoms with E-state index >= 15 is 0 Å². The minimum absolute atomic E-state index is 0.0154. The maximum Gasteiger partial charge on any atom is 0.299 e. The van der Waals surface area contributed by atoms with E-state index < -0.39 is 5.91 Å². The number of anilines is 1. The van der Waals surface area contributed by atoms with Gasteiger partial charge in [-0.1, -0.05) is 36.0 Å². The van der Waals surface area contributed by atoms with E-state index in [2.05, 4.69) is 27.1 Å². The summed E-state index contributed by atoms with van der Waals surface area (Å²) >= 11 is 6.90. The fraction of sp³-hybridized carbons (Fsp3) is 0.154. The minimum atomic E-state index is -0.543. The van der Waals surface area contributed by atoms with Crippen molar-refractivity contribution < 1.29 is 9.59 Å². The number of rotatable bonds is 3. The highest BCUT2D eigenvalue weighted by Gasteiger charge is 2.15. The quantitative estimate of drug-likeness (QED) is 0.867. The minimum Gasteiger partial charge on any atom is -0.325 e. The lowest BCUT2D eigenvalue weighted by Crippen LogP contribution is -2.16. The average Bonchev–Trinajstić information content (AvgIpc) is 2.44. The highest BCUT2D eigenvalue weighted by molar-refractivity contribution is 8.14. The first-order valence-electron chi connectivity index (χ1n) is 5.88. The van der Waals surface area contributed by atoms with Gasteiger partial charge in [-0.3, -0.25) is 9.59 Å². The molecule has 0 radical (unpaired) electrons. The van der Waals surface area contributed by atoms with E-state index in [1.807, 2.05) is 13.0 Å². The topological polar surface area (TPSA) is 83.2 Å². The molecule has 2 rings (SSSR count). The monoisotopic (exact) mass is 322 g/mol. The summed E-state index contributed by atoms with van der Waals surface area (Å²) in [6.07, 6.45) is 0. The number of halogens is 1. The fourth-order valence-corrected chi connectivity index (χ4v) is 2.18. The van der Waals surface area contributed by atoms with Gasteiger partial charge in [0.1, 0.15) is 5.70 Å². The molecule has 1 aromatic rings. The second kappa shape index (κ2) is 6.64. The van der Waals surface area contributed by atoms with Gasteiger partial charge in [-0.2, -0.15) is 4.99 Å². The van der Waals surface area contributed by atoms with Crippen molar-refractivity contribution in [2.24, 2.45) is 15.2 Å². The Hall–Kier alpha value is -1.99. The van der Waals surface area contributed by atoms with Gasteiger partial charge >= 0.3 is 0 Å². The van der Waals surface area contributed by atoms with Crippen LogP contribution in [-0.4, -0.2) is 22.7 Å². The number of nitrogens with zero attached hydrogens (tertiary/aromatic N) is 3. The number of thioether (sulfide) groups is 1. The number of aliphatic imine (C=N–C) groups is 1. The summed E-state index contributed by atoms with van der Waals surface area (Å²) in [7, 11) is 0. The predicted molar refractivity (Wildman–Crippen MR) is 83.7 cm³/mol. The zero-order valence-corrected chi connectivity index (χ0v) is 12.7. The number of benzene rings is 1. The molecule has 108 valence electrons. The molecule has 0 spiro atoms. The summed E-state index contributed by atoms with van der Waals surface area (Å²) in [5, 5.41) is 10.7. The van der Waals surface area contributed by atoms with Crippen LogP contribution in [0.4, 0.5) is 5.69 Å². The van der Waals surface area contributed by atoms with Crippen LogP contribution < -0.4 is 5.32 Å². The van der Waals surface area contributed by atoms with Crippen molar-refractivity contribution in [2.45, 2.75) is 6.92 Å². The third kappa shape index (κ3) is 4.24. The zero-order chi connectivity index (χ0) is 15.4. The van der Waals surface area contributed by atoms with Crippen LogP contribution in [0.1, 0.15) is 5.56 Å². The SMILES string of the molecule is C=C1N=NC(SCC(=O)Nc2cc(Cl)ccc2C)=NC1=O. The molecule has 0 saturated carbocycles. The van der Waals surface area contributed by atoms with E-state index in [-0.39, 0.29) is 22.5 Å². The second-order valence-corrected chi connectivity index (χ2v) is 5.52. The lowest BCUT2D eigenvalue weighted by atomic mass is 10.2. The molecule has 0 aromatic heterocycles. The highest BCUT2D eigenvalue weighted by Crippen LogP contribution is 2.21. The van der Waals surface area contributed by atoms with Gasteiger partial charge in [0.2, 0.25) is 11.1 Å². The Morgan fingerprint density at radius 2 is 2.19 bits per heavy atom. The Kier molecular flexibility index (Phi) is 4.87. The molecular formula is C13H11ClN4O2S. The molecule has 1 heterocycles. The summed E-state index contributed by atoms with van der Waals surface area (Å²) in [6, 6.07) is 5.23. The first-order chi connectivity index (χ1) is 9.95. The Labute approximate surface area is 130 Å². The first-order valence-corrected chi connectivity index (χ1v) is 7.24. The molecular weight excluding hydrogens is 312 g/mol. The molecule has 1 aromatic carbocycles. The molecule has 6 nitrogen and oxygen atoms in total. The van der Waals surface area contributed by atoms with E-state index in [9.17, 15) is 9.59 Å². The van der Waals surface area contributed by atoms with Crippen LogP contribution in [0.2, 0.25) is 5.02 Å². The zero-order valence-electron chi connectivity index (χ0n) is 11.1. The second-order valence-electron chi connectivity index (χ2n) is 4.14. The van der Waals surface area contributed by atoms with Crippen molar-refractivity contribution in [3.05, 3.63) is 41.1 Å². The summed E-state index contributed by atoms with van der Waals surface area (Å²) in [5.74, 6) is -0.734. The van der Waals surface area contributed by atoms with Gasteiger partial charge in [0.05, 0.1) is 5.75 Å². The van der Waals surface area contributed by atoms with Gasteiger partial charge in [-0.15, -0.1) is 10.2 Å². The highest BCUT2D eigenvalue weighted by atomic mass is 35.5. The molecule has 8 heteroatoms. The van der Waals surface area contributed by atoms with Crippen LogP contribution >= 0.6 is 23.4 Å². The standard InChI is InChI=1S/C13H11ClN4O2S/c1-7-3-4-9(14)5-10(7)15-11(19)6-21-13-16-12(20)8(2)17-18-13/h3-5H,2,6H2,1H3,(H,15,19). The maximum atomic E-state index is 11.9. The lowest BCUT2D eigenvalue weighted by Gasteiger charge is -2.09. The number of aryl methyl sites for hydroxylation is 1. The summed E-state index contributed by atoms with van der Waals surface area (Å²) in [5.41, 5.74) is 1.53. The van der Waals surface area contributed by atoms with E-state index in [0.29, 0.717) is 10.7 Å². The predicted octanol–water partition coefficient (Wildman–Crippen LogP) is 3.18. The molecule has 1 aliphatic rings. The lowest BCUT2D eigenvalue weighted by molar-refractivity contribution is -0.115. The maximum absolute atomic E-state index is 11.9. The van der Waals surface area contributed by atoms with Gasteiger partial charge < -0.3 is 5.32 Å². The van der Waals surface area contributed by atoms with Crippen molar-refractivity contribution in [3.8, 4) is 0 Å². The molecule has 0 fully saturated rings. The molecule has 0 aliphatic carbocycles. The van der Waals surface area contributed by atoms with Crippen LogP contribution in [0.5, 0.6) is 0 Å². The van der Waals surface area contributed by atoms with Crippen molar-refractivity contribution in [1.29, 1.82) is 0 Å². The number of hydrogen-bond acceptors (Lipinski definition) is 5. The fourth-order valence-electron chi connectivity index (χ4n) is 1.43. The molecule has 0 saturated heterocycles. The molecule has 0 bridgehead atoms. The number of carbonyl (C=O) groups excluding carboxylic acids is 2. The number of carbonyl (C=O) groups is 2. The summed E-state index contributed by atoms with van der Waals surface area (Å²) in [6.45, 7) is 5.24. The van der Waals surface area contributed by atoms with Crippen LogP contribution in [0.25, 0.3) is 0 Å². The smallest absolute Gasteiger partial charge is 0.299 e. The Morgan fingerprint density at radius 3 is 2.90 bits per heavy atom. The normalized spacial score (nSPS) is 14.1. The Balaban J connectivity index is 1.93. The van der Waals surface area contributed by atoms with Gasteiger partial charge in [0, 0.05) is 10.7 Å². The van der Waals surface area contributed by atoms with E-state index in [1.165, 1.54) is 0 Å². The van der Waals surface area contributed by atoms with Gasteiger partial charge in [0.15, 0.2) is 0 Å². The number of hydrogen-bond donors (Lipinski definition) is 1. The van der Waals surface area contributed by atoms with Crippen molar-refractivity contribution in [2.75, 3.05) is 11.1 Å². The van der Waals surface area contributed by atoms with Gasteiger partial charge in [-0.05, 0) is 24.6 Å². The van der Waals surface area contributed by atoms with Crippen molar-refractivity contribution in [1.82, 2.24) is 0 Å². The van der Waals surface area contributed by atoms with E-state index in [1.54, 1.807) is 12.1 Å². The molecule has 1 N–H and O–H groups in total. The number of amidine groups is 1. The Bertz CT molecular complexity index is 685. The molecule has 21 heavy (non-hydrogen) atoms. The number of nitrogens with one attached hydrogen (secondary N) is 1. The van der Waals surface area contributed by atoms with Crippen LogP contribution in [-0.2, 0) is 9.59 Å². The van der Waals surface area contributed by atoms with Gasteiger partial charge in [0.25, 0.3) is 5.91 Å². The number of amides is 2. The third-order valence-electron chi connectivity index (χ3n) is 2.51. The van der Waals surface area contributed by atoms with Gasteiger partial charge in [-0.25, -0.2) is 0 Å². The summed E-state index contributed by atoms with van der Waals surface area (Å²) < 4.78 is 0. The van der Waals surface area contributed by atoms with Crippen LogP contribution in [0, 0.1) is 6.92 Å². The Morgan fingerprint density at radius 1 is 1.43 bits per heavy atom. The third-order valence-corrected chi connectivity index (χ3v) is 3.58. The van der Waals surface area contributed by atoms with Crippen LogP contribution in [0.15, 0.2) is 45.7 Å². The van der Waals surface area contributed by atoms with Crippen molar-refractivity contribution >= 4 is 46.0 Å². The molecule has 2 amide bonds. The number of azo groups is 1. The molecule has 0 atom stereocenters. The molecule has 1 aliphatic heterocycles. The van der Waals surface area contributed by atoms with E-state index in [4.69, 9.17) is 11.6 Å². The van der Waals surface area contributed by atoms with E-state index in [0.717, 1.165) is 17.3 Å². The van der Waals surface area contributed by atoms with Crippen LogP contribution in [0.3, 0.4) is 0 Å². The molecule has 0 unspecified atom stereocenters.